The van der Waals surface area contributed by atoms with Crippen molar-refractivity contribution < 1.29 is 128 Å². The summed E-state index contributed by atoms with van der Waals surface area (Å²) >= 11 is 6.56. The van der Waals surface area contributed by atoms with Crippen molar-refractivity contribution in [2.75, 3.05) is 46.1 Å². The minimum absolute atomic E-state index is 0.0645. The molecule has 598 valence electrons. The summed E-state index contributed by atoms with van der Waals surface area (Å²) in [5, 5.41) is 174. The van der Waals surface area contributed by atoms with Crippen molar-refractivity contribution in [3.05, 3.63) is 130 Å². The van der Waals surface area contributed by atoms with Gasteiger partial charge in [0.05, 0.1) is 45.1 Å². The molecule has 41 heteroatoms. The summed E-state index contributed by atoms with van der Waals surface area (Å²) in [4.78, 5) is 102. The van der Waals surface area contributed by atoms with Crippen LogP contribution in [0.25, 0.3) is 0 Å². The molecule has 7 saturated heterocycles. The Kier molecular flexibility index (Phi) is 28.3. The minimum Gasteiger partial charge on any atom is -0.462 e. The average molecular weight is 1880 g/mol. The number of fused-ring (bicyclic) bond motifs is 1. The normalized spacial score (nSPS) is 34.3. The summed E-state index contributed by atoms with van der Waals surface area (Å²) in [5.41, 5.74) is 2.15. The molecular formula is C69H85I3N12O26. The maximum atomic E-state index is 15.3. The van der Waals surface area contributed by atoms with Gasteiger partial charge in [0.2, 0.25) is 41.7 Å². The highest BCUT2D eigenvalue weighted by Gasteiger charge is 2.56. The van der Waals surface area contributed by atoms with Crippen molar-refractivity contribution in [2.24, 2.45) is 0 Å². The summed E-state index contributed by atoms with van der Waals surface area (Å²) in [6, 6.07) is 11.1. The Bertz CT molecular complexity index is 3960. The van der Waals surface area contributed by atoms with E-state index in [4.69, 9.17) is 44.0 Å². The number of aliphatic hydroxyl groups excluding tert-OH is 12. The number of amides is 6. The summed E-state index contributed by atoms with van der Waals surface area (Å²) < 4.78 is 44.6. The van der Waals surface area contributed by atoms with Crippen molar-refractivity contribution in [1.29, 1.82) is 10.8 Å². The molecule has 7 aliphatic rings. The molecule has 4 aromatic rings. The maximum absolute atomic E-state index is 15.3. The second kappa shape index (κ2) is 37.0. The van der Waals surface area contributed by atoms with E-state index in [2.05, 4.69) is 116 Å². The van der Waals surface area contributed by atoms with Gasteiger partial charge in [0.1, 0.15) is 121 Å². The molecule has 7 aliphatic heterocycles. The first-order valence-electron chi connectivity index (χ1n) is 34.9. The van der Waals surface area contributed by atoms with E-state index in [1.54, 1.807) is 73.7 Å². The van der Waals surface area contributed by atoms with Gasteiger partial charge in [-0.2, -0.15) is 0 Å². The quantitative estimate of drug-likeness (QED) is 0.0222. The van der Waals surface area contributed by atoms with Crippen LogP contribution >= 0.6 is 67.8 Å². The summed E-state index contributed by atoms with van der Waals surface area (Å²) in [6.07, 6.45) is -31.5. The van der Waals surface area contributed by atoms with Crippen LogP contribution in [-0.2, 0) is 63.6 Å². The Labute approximate surface area is 667 Å². The molecule has 7 heterocycles. The first-order valence-corrected chi connectivity index (χ1v) is 38.2. The Morgan fingerprint density at radius 1 is 0.600 bits per heavy atom. The molecule has 26 unspecified atom stereocenters. The lowest BCUT2D eigenvalue weighted by Crippen LogP contribution is -2.69. The summed E-state index contributed by atoms with van der Waals surface area (Å²) in [6.45, 7) is -3.11. The number of nitrogens with zero attached hydrogens (tertiary/aromatic N) is 1. The van der Waals surface area contributed by atoms with Crippen molar-refractivity contribution in [3.8, 4) is 5.75 Å². The maximum Gasteiger partial charge on any atom is 0.246 e. The molecule has 38 nitrogen and oxygen atoms in total. The smallest absolute Gasteiger partial charge is 0.246 e. The van der Waals surface area contributed by atoms with Gasteiger partial charge < -0.3 is 147 Å². The number of aliphatic hydroxyl groups is 12. The molecule has 6 amide bonds. The minimum atomic E-state index is -2.37. The molecule has 0 bridgehead atoms. The molecule has 0 radical (unpaired) electrons. The first kappa shape index (κ1) is 84.1. The SMILES string of the molecule is CCC(c1ccccc1)C1NC(=O)CNC(=O)C(CO)NC(=O)C(C(O)C2CNC(=N)N2C2OC(CO)C(O)C(O)C2O)NC(=O)C(C(O)C2CNC(=N)N2)NC(=O)C(Cc2ccc(OC3OC(CO)C(OC4OC5COC(c6ccc(C(=O)c7cc(I)c(I)c(I)c7)cc6)OC5C(O)C4O)C(O)C3O)cc2)NC1=O. The number of carbonyl (C=O) groups excluding carboxylic acids is 7. The number of hydrogen-bond acceptors (Lipinski definition) is 28. The van der Waals surface area contributed by atoms with Gasteiger partial charge in [0.15, 0.2) is 36.5 Å². The number of halogens is 3. The lowest BCUT2D eigenvalue weighted by Gasteiger charge is -2.48. The second-order valence-electron chi connectivity index (χ2n) is 27.1. The second-order valence-corrected chi connectivity index (χ2v) is 30.5. The summed E-state index contributed by atoms with van der Waals surface area (Å²) in [5.74, 6) is -9.41. The van der Waals surface area contributed by atoms with Crippen LogP contribution in [-0.4, -0.2) is 312 Å². The van der Waals surface area contributed by atoms with Crippen LogP contribution < -0.4 is 52.6 Å². The zero-order chi connectivity index (χ0) is 79.3. The van der Waals surface area contributed by atoms with Crippen LogP contribution in [0, 0.1) is 21.5 Å². The van der Waals surface area contributed by atoms with E-state index in [-0.39, 0.29) is 42.6 Å². The summed E-state index contributed by atoms with van der Waals surface area (Å²) in [7, 11) is 0. The number of nitrogens with one attached hydrogen (secondary N) is 11. The standard InChI is InChI=1S/C69H85I3N12O26/c1-2-32(27-6-4-3-5-7-27)44-61(101)78-35(60(100)82-45(48(90)36-19-76-68(73)80-36)63(103)83-46(62(102)79-37(22-85)59(99)75-21-42(88)81-44)49(91)38-20-77-69(74)84(38)64-54(96)51(93)50(92)39(23-86)106-64)16-26-8-14-31(15-9-26)105-66-55(97)52(94)57(40(24-87)107-66)110-67-56(98)53(95)58-41(108-67)25-104-65(109-58)29-12-10-28(11-13-29)47(89)30-17-33(70)43(72)34(71)18-30/h3-15,17-18,32,35-41,44-46,48-58,64-67,85-87,90-98H,2,16,19-25H2,1H3,(H2,74,77)(H,75,99)(H,78,101)(H,79,102)(H,81,88)(H,82,100)(H,83,103)(H3,73,76,80). The number of carbonyl (C=O) groups is 7. The number of rotatable bonds is 20. The lowest BCUT2D eigenvalue weighted by atomic mass is 9.88. The third kappa shape index (κ3) is 18.7. The molecule has 26 atom stereocenters. The molecule has 110 heavy (non-hydrogen) atoms. The van der Waals surface area contributed by atoms with Crippen molar-refractivity contribution in [2.45, 2.75) is 179 Å². The van der Waals surface area contributed by atoms with Gasteiger partial charge >= 0.3 is 0 Å². The number of hydrogen-bond donors (Lipinski definition) is 23. The van der Waals surface area contributed by atoms with E-state index in [0.717, 1.165) is 15.6 Å². The molecular weight excluding hydrogens is 1790 g/mol. The highest BCUT2D eigenvalue weighted by atomic mass is 127. The lowest BCUT2D eigenvalue weighted by molar-refractivity contribution is -0.383. The van der Waals surface area contributed by atoms with Gasteiger partial charge in [-0.05, 0) is 110 Å². The largest absolute Gasteiger partial charge is 0.462 e. The molecule has 11 rings (SSSR count). The Hall–Kier alpha value is -6.82. The number of benzene rings is 4. The molecule has 4 aromatic carbocycles. The molecule has 0 spiro atoms. The van der Waals surface area contributed by atoms with Crippen molar-refractivity contribution in [1.82, 2.24) is 52.8 Å². The van der Waals surface area contributed by atoms with E-state index >= 15 is 14.4 Å². The van der Waals surface area contributed by atoms with Gasteiger partial charge in [0, 0.05) is 52.8 Å². The van der Waals surface area contributed by atoms with Crippen molar-refractivity contribution >= 4 is 121 Å². The van der Waals surface area contributed by atoms with Crippen LogP contribution in [0.3, 0.4) is 0 Å². The van der Waals surface area contributed by atoms with Crippen LogP contribution in [0.5, 0.6) is 5.75 Å². The Morgan fingerprint density at radius 3 is 1.88 bits per heavy atom. The third-order valence-electron chi connectivity index (χ3n) is 20.0. The van der Waals surface area contributed by atoms with E-state index in [9.17, 15) is 80.5 Å². The van der Waals surface area contributed by atoms with Crippen LogP contribution in [0.4, 0.5) is 0 Å². The highest BCUT2D eigenvalue weighted by molar-refractivity contribution is 14.1. The average Bonchev–Trinajstić information content (AvgIpc) is 1.47. The fourth-order valence-corrected chi connectivity index (χ4v) is 16.0. The predicted molar refractivity (Wildman–Crippen MR) is 401 cm³/mol. The van der Waals surface area contributed by atoms with Gasteiger partial charge in [-0.1, -0.05) is 73.7 Å². The van der Waals surface area contributed by atoms with Crippen LogP contribution in [0.1, 0.15) is 58.2 Å². The zero-order valence-corrected chi connectivity index (χ0v) is 64.7. The Morgan fingerprint density at radius 2 is 1.24 bits per heavy atom. The molecule has 7 fully saturated rings. The molecule has 0 aromatic heterocycles. The van der Waals surface area contributed by atoms with Gasteiger partial charge in [-0.15, -0.1) is 0 Å². The fourth-order valence-electron chi connectivity index (χ4n) is 13.9. The number of ether oxygens (including phenoxy) is 7. The number of guanidine groups is 2. The third-order valence-corrected chi connectivity index (χ3v) is 24.9. The molecule has 23 N–H and O–H groups in total. The van der Waals surface area contributed by atoms with Crippen LogP contribution in [0.15, 0.2) is 91.0 Å². The fraction of sp³-hybridized carbons (Fsp3) is 0.522. The topological polar surface area (TPSA) is 586 Å². The van der Waals surface area contributed by atoms with Gasteiger partial charge in [-0.25, -0.2) is 0 Å². The first-order chi connectivity index (χ1) is 52.5. The van der Waals surface area contributed by atoms with E-state index in [0.29, 0.717) is 22.3 Å². The van der Waals surface area contributed by atoms with Crippen molar-refractivity contribution in [3.63, 3.8) is 0 Å². The number of ketones is 1. The highest BCUT2D eigenvalue weighted by Crippen LogP contribution is 2.38. The van der Waals surface area contributed by atoms with Gasteiger partial charge in [0.25, 0.3) is 0 Å². The Balaban J connectivity index is 0.818. The molecule has 0 aliphatic carbocycles. The molecule has 0 saturated carbocycles. The van der Waals surface area contributed by atoms with E-state index < -0.39 is 239 Å². The van der Waals surface area contributed by atoms with E-state index in [1.807, 2.05) is 0 Å². The van der Waals surface area contributed by atoms with Crippen LogP contribution in [0.2, 0.25) is 0 Å². The zero-order valence-electron chi connectivity index (χ0n) is 58.2. The monoisotopic (exact) mass is 1880 g/mol. The van der Waals surface area contributed by atoms with E-state index in [1.165, 1.54) is 24.3 Å². The predicted octanol–water partition coefficient (Wildman–Crippen LogP) is -7.00. The van der Waals surface area contributed by atoms with Gasteiger partial charge in [-0.3, -0.25) is 44.4 Å².